The molecule has 0 unspecified atom stereocenters. The van der Waals surface area contributed by atoms with Gasteiger partial charge in [-0.2, -0.15) is 0 Å². The fourth-order valence-corrected chi connectivity index (χ4v) is 3.10. The van der Waals surface area contributed by atoms with Crippen molar-refractivity contribution in [1.29, 1.82) is 0 Å². The van der Waals surface area contributed by atoms with Gasteiger partial charge in [0.1, 0.15) is 0 Å². The highest BCUT2D eigenvalue weighted by Gasteiger charge is 2.81. The second-order valence-electron chi connectivity index (χ2n) is 5.60. The molecule has 24 heavy (non-hydrogen) atoms. The number of ether oxygens (including phenoxy) is 2. The zero-order chi connectivity index (χ0) is 17.1. The van der Waals surface area contributed by atoms with E-state index in [4.69, 9.17) is 0 Å². The molecule has 0 saturated carbocycles. The molecule has 2 spiro atoms. The van der Waals surface area contributed by atoms with Gasteiger partial charge in [-0.1, -0.05) is 42.5 Å². The van der Waals surface area contributed by atoms with E-state index in [1.807, 2.05) is 0 Å². The topological polar surface area (TPSA) is 104 Å². The van der Waals surface area contributed by atoms with Gasteiger partial charge in [0.15, 0.2) is 5.78 Å². The predicted molar refractivity (Wildman–Crippen MR) is 75.1 cm³/mol. The van der Waals surface area contributed by atoms with Gasteiger partial charge in [-0.05, 0) is 6.08 Å². The molecule has 2 aliphatic heterocycles. The fourth-order valence-electron chi connectivity index (χ4n) is 3.10. The molecule has 1 aromatic rings. The highest BCUT2D eigenvalue weighted by Crippen LogP contribution is 2.57. The SMILES string of the molecule is O=C(C1=CC2(C(=O)OC2=O)C2(C=C1)C(=O)OC2=O)c1ccccc1. The van der Waals surface area contributed by atoms with Crippen molar-refractivity contribution in [2.75, 3.05) is 0 Å². The molecule has 2 heterocycles. The molecule has 1 aliphatic carbocycles. The van der Waals surface area contributed by atoms with Crippen LogP contribution in [-0.4, -0.2) is 29.7 Å². The Kier molecular flexibility index (Phi) is 2.58. The van der Waals surface area contributed by atoms with Gasteiger partial charge in [0, 0.05) is 11.1 Å². The summed E-state index contributed by atoms with van der Waals surface area (Å²) in [5.74, 6) is -4.60. The number of benzene rings is 1. The minimum absolute atomic E-state index is 0.0179. The van der Waals surface area contributed by atoms with Gasteiger partial charge in [0.05, 0.1) is 0 Å². The second-order valence-corrected chi connectivity index (χ2v) is 5.60. The summed E-state index contributed by atoms with van der Waals surface area (Å²) < 4.78 is 8.70. The van der Waals surface area contributed by atoms with Gasteiger partial charge in [-0.3, -0.25) is 4.79 Å². The Balaban J connectivity index is 1.85. The third-order valence-corrected chi connectivity index (χ3v) is 4.46. The minimum atomic E-state index is -2.16. The van der Waals surface area contributed by atoms with E-state index in [0.29, 0.717) is 5.56 Å². The number of cyclic esters (lactones) is 4. The molecule has 0 aromatic heterocycles. The molecule has 0 N–H and O–H groups in total. The first-order valence-corrected chi connectivity index (χ1v) is 6.99. The van der Waals surface area contributed by atoms with Crippen LogP contribution in [0.4, 0.5) is 0 Å². The van der Waals surface area contributed by atoms with E-state index in [0.717, 1.165) is 12.2 Å². The van der Waals surface area contributed by atoms with E-state index in [9.17, 15) is 24.0 Å². The van der Waals surface area contributed by atoms with Crippen LogP contribution in [0.5, 0.6) is 0 Å². The molecular weight excluding hydrogens is 316 g/mol. The largest absolute Gasteiger partial charge is 0.391 e. The van der Waals surface area contributed by atoms with Crippen LogP contribution in [0.1, 0.15) is 10.4 Å². The highest BCUT2D eigenvalue weighted by atomic mass is 16.6. The Morgan fingerprint density at radius 1 is 0.792 bits per heavy atom. The van der Waals surface area contributed by atoms with Crippen molar-refractivity contribution >= 4 is 29.7 Å². The number of fused-ring (bicyclic) bond motifs is 1. The number of allylic oxidation sites excluding steroid dienone is 2. The zero-order valence-electron chi connectivity index (χ0n) is 12.0. The molecule has 7 nitrogen and oxygen atoms in total. The van der Waals surface area contributed by atoms with Crippen LogP contribution in [-0.2, 0) is 28.7 Å². The van der Waals surface area contributed by atoms with E-state index >= 15 is 0 Å². The van der Waals surface area contributed by atoms with Crippen molar-refractivity contribution in [3.63, 3.8) is 0 Å². The summed E-state index contributed by atoms with van der Waals surface area (Å²) in [6.07, 6.45) is 3.36. The number of Topliss-reactive ketones (excluding diaryl/α,β-unsaturated/α-hetero) is 1. The average molecular weight is 324 g/mol. The lowest BCUT2D eigenvalue weighted by Gasteiger charge is -2.49. The van der Waals surface area contributed by atoms with Gasteiger partial charge in [0.25, 0.3) is 0 Å². The lowest BCUT2D eigenvalue weighted by Crippen LogP contribution is -2.72. The van der Waals surface area contributed by atoms with Crippen LogP contribution in [0.25, 0.3) is 0 Å². The van der Waals surface area contributed by atoms with Crippen LogP contribution >= 0.6 is 0 Å². The first-order valence-electron chi connectivity index (χ1n) is 6.99. The molecule has 0 radical (unpaired) electrons. The normalized spacial score (nSPS) is 22.4. The quantitative estimate of drug-likeness (QED) is 0.443. The predicted octanol–water partition coefficient (Wildman–Crippen LogP) is 0.505. The summed E-state index contributed by atoms with van der Waals surface area (Å²) >= 11 is 0. The first-order chi connectivity index (χ1) is 11.4. The summed E-state index contributed by atoms with van der Waals surface area (Å²) in [6.45, 7) is 0. The molecule has 0 bridgehead atoms. The fraction of sp³-hybridized carbons (Fsp3) is 0.118. The lowest BCUT2D eigenvalue weighted by molar-refractivity contribution is -0.223. The van der Waals surface area contributed by atoms with Gasteiger partial charge in [-0.15, -0.1) is 0 Å². The third-order valence-electron chi connectivity index (χ3n) is 4.46. The van der Waals surface area contributed by atoms with E-state index in [1.54, 1.807) is 30.3 Å². The molecule has 7 heteroatoms. The number of carbonyl (C=O) groups is 5. The number of hydrogen-bond donors (Lipinski definition) is 0. The van der Waals surface area contributed by atoms with Crippen LogP contribution in [0.3, 0.4) is 0 Å². The summed E-state index contributed by atoms with van der Waals surface area (Å²) in [6, 6.07) is 8.18. The van der Waals surface area contributed by atoms with Crippen LogP contribution in [0.15, 0.2) is 54.1 Å². The van der Waals surface area contributed by atoms with Gasteiger partial charge < -0.3 is 9.47 Å². The second kappa shape index (κ2) is 4.35. The van der Waals surface area contributed by atoms with Crippen molar-refractivity contribution in [3.8, 4) is 0 Å². The molecule has 2 saturated heterocycles. The Bertz CT molecular complexity index is 876. The lowest BCUT2D eigenvalue weighted by atomic mass is 9.55. The van der Waals surface area contributed by atoms with Crippen LogP contribution in [0, 0.1) is 10.8 Å². The van der Waals surface area contributed by atoms with Crippen molar-refractivity contribution in [2.24, 2.45) is 10.8 Å². The Labute approximate surface area is 134 Å². The number of hydrogen-bond acceptors (Lipinski definition) is 7. The number of rotatable bonds is 2. The maximum atomic E-state index is 12.5. The molecule has 3 aliphatic rings. The van der Waals surface area contributed by atoms with Crippen molar-refractivity contribution in [3.05, 3.63) is 59.7 Å². The molecule has 4 rings (SSSR count). The van der Waals surface area contributed by atoms with E-state index < -0.39 is 40.5 Å². The Hall–Kier alpha value is -3.35. The van der Waals surface area contributed by atoms with Crippen molar-refractivity contribution < 1.29 is 33.4 Å². The molecule has 1 aromatic carbocycles. The number of ketones is 1. The maximum absolute atomic E-state index is 12.5. The minimum Gasteiger partial charge on any atom is -0.391 e. The summed E-state index contributed by atoms with van der Waals surface area (Å²) in [5, 5.41) is 0. The summed E-state index contributed by atoms with van der Waals surface area (Å²) in [7, 11) is 0. The Morgan fingerprint density at radius 3 is 1.83 bits per heavy atom. The zero-order valence-corrected chi connectivity index (χ0v) is 12.0. The summed E-state index contributed by atoms with van der Waals surface area (Å²) in [5.41, 5.74) is -3.88. The average Bonchev–Trinajstić information content (AvgIpc) is 2.61. The summed E-state index contributed by atoms with van der Waals surface area (Å²) in [4.78, 5) is 60.4. The van der Waals surface area contributed by atoms with Gasteiger partial charge in [-0.25, -0.2) is 19.2 Å². The molecule has 0 amide bonds. The first kappa shape index (κ1) is 14.3. The molecule has 118 valence electrons. The maximum Gasteiger partial charge on any atom is 0.337 e. The van der Waals surface area contributed by atoms with E-state index in [-0.39, 0.29) is 5.57 Å². The number of carbonyl (C=O) groups excluding carboxylic acids is 5. The van der Waals surface area contributed by atoms with Crippen LogP contribution in [0.2, 0.25) is 0 Å². The van der Waals surface area contributed by atoms with Gasteiger partial charge >= 0.3 is 23.9 Å². The molecule has 2 fully saturated rings. The van der Waals surface area contributed by atoms with Crippen molar-refractivity contribution in [1.82, 2.24) is 0 Å². The standard InChI is InChI=1S/C17H8O7/c18-11(9-4-2-1-3-5-9)10-6-7-16(12(19)23-13(16)20)17(8-10)14(21)24-15(17)22/h1-8H. The van der Waals surface area contributed by atoms with Crippen molar-refractivity contribution in [2.45, 2.75) is 0 Å². The van der Waals surface area contributed by atoms with E-state index in [2.05, 4.69) is 9.47 Å². The molecule has 0 atom stereocenters. The monoisotopic (exact) mass is 324 g/mol. The number of esters is 4. The highest BCUT2D eigenvalue weighted by molar-refractivity contribution is 6.31. The smallest absolute Gasteiger partial charge is 0.337 e. The molecular formula is C17H8O7. The third kappa shape index (κ3) is 1.39. The van der Waals surface area contributed by atoms with E-state index in [1.165, 1.54) is 6.08 Å². The Morgan fingerprint density at radius 2 is 1.33 bits per heavy atom. The van der Waals surface area contributed by atoms with Gasteiger partial charge in [0.2, 0.25) is 10.8 Å². The van der Waals surface area contributed by atoms with Crippen LogP contribution < -0.4 is 0 Å².